The molecule has 254 valence electrons. The summed E-state index contributed by atoms with van der Waals surface area (Å²) in [4.78, 5) is 4.82. The summed E-state index contributed by atoms with van der Waals surface area (Å²) in [6.07, 6.45) is 7.31. The van der Waals surface area contributed by atoms with Crippen molar-refractivity contribution in [1.29, 1.82) is 0 Å². The summed E-state index contributed by atoms with van der Waals surface area (Å²) in [7, 11) is 0. The molecule has 0 fully saturated rings. The topological polar surface area (TPSA) is 44.9 Å². The van der Waals surface area contributed by atoms with E-state index in [-0.39, 0.29) is 5.41 Å². The van der Waals surface area contributed by atoms with E-state index in [1.807, 2.05) is 12.3 Å². The molecule has 0 bridgehead atoms. The Balaban J connectivity index is 1.32. The van der Waals surface area contributed by atoms with E-state index in [0.29, 0.717) is 0 Å². The predicted molar refractivity (Wildman–Crippen MR) is 208 cm³/mol. The van der Waals surface area contributed by atoms with Crippen LogP contribution in [0.15, 0.2) is 103 Å². The second-order valence-corrected chi connectivity index (χ2v) is 15.0. The van der Waals surface area contributed by atoms with E-state index in [1.54, 1.807) is 0 Å². The Labute approximate surface area is 296 Å². The second kappa shape index (κ2) is 13.6. The lowest BCUT2D eigenvalue weighted by Gasteiger charge is -2.17. The normalized spacial score (nSPS) is 11.9. The van der Waals surface area contributed by atoms with Crippen LogP contribution in [0.25, 0.3) is 44.4 Å². The molecule has 50 heavy (non-hydrogen) atoms. The number of benzene rings is 4. The summed E-state index contributed by atoms with van der Waals surface area (Å²) < 4.78 is 11.1. The van der Waals surface area contributed by atoms with Crippen LogP contribution >= 0.6 is 0 Å². The summed E-state index contributed by atoms with van der Waals surface area (Å²) >= 11 is 0. The van der Waals surface area contributed by atoms with Crippen LogP contribution < -0.4 is 4.74 Å². The SMILES string of the molecule is CCCCc1cc(Oc2ccc3c4cc(CCC(C)(C)C)ccc4n(-c4cc(C)ccn4)c3c2)cc(-n2nc(C)c(-c3ccccc3)c2C)c1. The molecule has 0 aliphatic rings. The number of rotatable bonds is 10. The summed E-state index contributed by atoms with van der Waals surface area (Å²) in [5.41, 5.74) is 11.8. The number of pyridine rings is 1. The average molecular weight is 661 g/mol. The first-order chi connectivity index (χ1) is 24.1. The van der Waals surface area contributed by atoms with Crippen LogP contribution in [0.1, 0.15) is 75.0 Å². The Hall–Kier alpha value is -5.16. The highest BCUT2D eigenvalue weighted by Gasteiger charge is 2.18. The molecular formula is C45H48N4O. The van der Waals surface area contributed by atoms with Crippen molar-refractivity contribution in [3.63, 3.8) is 0 Å². The molecule has 0 unspecified atom stereocenters. The van der Waals surface area contributed by atoms with Crippen molar-refractivity contribution in [2.45, 2.75) is 80.6 Å². The van der Waals surface area contributed by atoms with Gasteiger partial charge in [0.05, 0.1) is 22.4 Å². The third-order valence-corrected chi connectivity index (χ3v) is 9.70. The lowest BCUT2D eigenvalue weighted by molar-refractivity contribution is 0.378. The number of nitrogens with zero attached hydrogens (tertiary/aromatic N) is 4. The molecule has 5 heteroatoms. The maximum Gasteiger partial charge on any atom is 0.137 e. The highest BCUT2D eigenvalue weighted by Crippen LogP contribution is 2.37. The van der Waals surface area contributed by atoms with Gasteiger partial charge in [0.2, 0.25) is 0 Å². The average Bonchev–Trinajstić information content (AvgIpc) is 3.58. The second-order valence-electron chi connectivity index (χ2n) is 15.0. The fraction of sp³-hybridized carbons (Fsp3) is 0.289. The lowest BCUT2D eigenvalue weighted by Crippen LogP contribution is -2.06. The number of fused-ring (bicyclic) bond motifs is 3. The van der Waals surface area contributed by atoms with Crippen molar-refractivity contribution < 1.29 is 4.74 Å². The van der Waals surface area contributed by atoms with Crippen molar-refractivity contribution in [3.05, 3.63) is 131 Å². The first-order valence-electron chi connectivity index (χ1n) is 18.0. The molecule has 4 aromatic carbocycles. The highest BCUT2D eigenvalue weighted by molar-refractivity contribution is 6.09. The molecular weight excluding hydrogens is 613 g/mol. The fourth-order valence-corrected chi connectivity index (χ4v) is 7.08. The zero-order valence-electron chi connectivity index (χ0n) is 30.5. The number of hydrogen-bond donors (Lipinski definition) is 0. The molecule has 0 saturated carbocycles. The van der Waals surface area contributed by atoms with Crippen LogP contribution in [-0.4, -0.2) is 19.3 Å². The molecule has 3 heterocycles. The van der Waals surface area contributed by atoms with Crippen molar-refractivity contribution in [1.82, 2.24) is 19.3 Å². The van der Waals surface area contributed by atoms with E-state index < -0.39 is 0 Å². The number of hydrogen-bond acceptors (Lipinski definition) is 3. The van der Waals surface area contributed by atoms with Gasteiger partial charge in [0.1, 0.15) is 17.3 Å². The molecule has 0 radical (unpaired) electrons. The van der Waals surface area contributed by atoms with Gasteiger partial charge in [-0.1, -0.05) is 70.5 Å². The number of ether oxygens (including phenoxy) is 1. The summed E-state index contributed by atoms with van der Waals surface area (Å²) in [6.45, 7) is 15.5. The van der Waals surface area contributed by atoms with Crippen molar-refractivity contribution in [3.8, 4) is 34.1 Å². The van der Waals surface area contributed by atoms with Gasteiger partial charge >= 0.3 is 0 Å². The highest BCUT2D eigenvalue weighted by atomic mass is 16.5. The monoisotopic (exact) mass is 660 g/mol. The Bertz CT molecular complexity index is 2300. The molecule has 0 saturated heterocycles. The van der Waals surface area contributed by atoms with Gasteiger partial charge in [-0.15, -0.1) is 0 Å². The maximum atomic E-state index is 6.77. The van der Waals surface area contributed by atoms with E-state index >= 15 is 0 Å². The molecule has 7 aromatic rings. The van der Waals surface area contributed by atoms with Crippen molar-refractivity contribution in [2.24, 2.45) is 5.41 Å². The molecule has 0 atom stereocenters. The van der Waals surface area contributed by atoms with Crippen LogP contribution in [0.4, 0.5) is 0 Å². The van der Waals surface area contributed by atoms with Gasteiger partial charge in [-0.05, 0) is 123 Å². The number of unbranched alkanes of at least 4 members (excludes halogenated alkanes) is 1. The lowest BCUT2D eigenvalue weighted by atomic mass is 9.88. The molecule has 0 amide bonds. The van der Waals surface area contributed by atoms with Crippen LogP contribution in [0.5, 0.6) is 11.5 Å². The quantitative estimate of drug-likeness (QED) is 0.147. The summed E-state index contributed by atoms with van der Waals surface area (Å²) in [5, 5.41) is 7.46. The van der Waals surface area contributed by atoms with Gasteiger partial charge in [-0.3, -0.25) is 4.57 Å². The summed E-state index contributed by atoms with van der Waals surface area (Å²) in [6, 6.07) is 34.7. The Morgan fingerprint density at radius 3 is 2.30 bits per heavy atom. The van der Waals surface area contributed by atoms with Gasteiger partial charge in [0.25, 0.3) is 0 Å². The van der Waals surface area contributed by atoms with Crippen molar-refractivity contribution in [2.75, 3.05) is 0 Å². The molecule has 0 N–H and O–H groups in total. The molecule has 5 nitrogen and oxygen atoms in total. The fourth-order valence-electron chi connectivity index (χ4n) is 7.08. The van der Waals surface area contributed by atoms with Crippen LogP contribution in [0.3, 0.4) is 0 Å². The standard InChI is InChI=1S/C45H48N4O/c1-8-9-13-34-25-36(49-32(4)44(31(3)47-49)35-14-11-10-12-15-35)28-38(26-34)50-37-17-18-39-40-27-33(20-22-45(5,6)7)16-19-41(40)48(42(39)29-37)43-24-30(2)21-23-46-43/h10-12,14-19,21,23-29H,8-9,13,20,22H2,1-7H3. The van der Waals surface area contributed by atoms with E-state index in [1.165, 1.54) is 38.6 Å². The van der Waals surface area contributed by atoms with Crippen LogP contribution in [0, 0.1) is 26.2 Å². The summed E-state index contributed by atoms with van der Waals surface area (Å²) in [5.74, 6) is 2.51. The van der Waals surface area contributed by atoms with Gasteiger partial charge in [-0.25, -0.2) is 9.67 Å². The Kier molecular flexibility index (Phi) is 9.09. The number of aryl methyl sites for hydroxylation is 4. The minimum absolute atomic E-state index is 0.285. The third-order valence-electron chi connectivity index (χ3n) is 9.70. The van der Waals surface area contributed by atoms with E-state index in [4.69, 9.17) is 14.8 Å². The smallest absolute Gasteiger partial charge is 0.137 e. The molecule has 3 aromatic heterocycles. The first kappa shape index (κ1) is 33.3. The Morgan fingerprint density at radius 2 is 1.54 bits per heavy atom. The predicted octanol–water partition coefficient (Wildman–Crippen LogP) is 12.1. The van der Waals surface area contributed by atoms with E-state index in [9.17, 15) is 0 Å². The van der Waals surface area contributed by atoms with Crippen molar-refractivity contribution >= 4 is 21.8 Å². The molecule has 0 spiro atoms. The van der Waals surface area contributed by atoms with Crippen LogP contribution in [0.2, 0.25) is 0 Å². The molecule has 7 rings (SSSR count). The van der Waals surface area contributed by atoms with Gasteiger partial charge < -0.3 is 4.74 Å². The van der Waals surface area contributed by atoms with Crippen LogP contribution in [-0.2, 0) is 12.8 Å². The molecule has 0 aliphatic carbocycles. The number of aromatic nitrogens is 4. The Morgan fingerprint density at radius 1 is 0.720 bits per heavy atom. The third kappa shape index (κ3) is 6.82. The van der Waals surface area contributed by atoms with Gasteiger partial charge in [-0.2, -0.15) is 5.10 Å². The van der Waals surface area contributed by atoms with Gasteiger partial charge in [0, 0.05) is 40.4 Å². The molecule has 0 aliphatic heterocycles. The zero-order chi connectivity index (χ0) is 35.0. The minimum atomic E-state index is 0.285. The largest absolute Gasteiger partial charge is 0.457 e. The van der Waals surface area contributed by atoms with E-state index in [2.05, 4.69) is 149 Å². The maximum absolute atomic E-state index is 6.77. The minimum Gasteiger partial charge on any atom is -0.457 e. The van der Waals surface area contributed by atoms with E-state index in [0.717, 1.165) is 77.5 Å². The first-order valence-corrected chi connectivity index (χ1v) is 18.0. The zero-order valence-corrected chi connectivity index (χ0v) is 30.5. The van der Waals surface area contributed by atoms with Gasteiger partial charge in [0.15, 0.2) is 0 Å².